The van der Waals surface area contributed by atoms with E-state index in [-0.39, 0.29) is 0 Å². The van der Waals surface area contributed by atoms with Crippen LogP contribution in [0.4, 0.5) is 0 Å². The normalized spacial score (nSPS) is 18.2. The van der Waals surface area contributed by atoms with Gasteiger partial charge in [0.25, 0.3) is 0 Å². The fourth-order valence-electron chi connectivity index (χ4n) is 2.03. The molecule has 0 aromatic heterocycles. The molecule has 3 heteroatoms. The summed E-state index contributed by atoms with van der Waals surface area (Å²) >= 11 is 6.40. The molecule has 1 aliphatic carbocycles. The Morgan fingerprint density at radius 1 is 1.37 bits per heavy atom. The van der Waals surface area contributed by atoms with E-state index >= 15 is 0 Å². The molecule has 0 fully saturated rings. The highest BCUT2D eigenvalue weighted by atomic mass is 35.5. The van der Waals surface area contributed by atoms with E-state index in [1.165, 1.54) is 11.3 Å². The number of halogens is 1. The lowest BCUT2D eigenvalue weighted by atomic mass is 10.0. The Morgan fingerprint density at radius 3 is 2.58 bits per heavy atom. The summed E-state index contributed by atoms with van der Waals surface area (Å²) in [4.78, 5) is 4.51. The first-order chi connectivity index (χ1) is 8.95. The summed E-state index contributed by atoms with van der Waals surface area (Å²) in [7, 11) is 4.19. The molecule has 0 saturated carbocycles. The Hall–Kier alpha value is -0.730. The number of hydrogen-bond donors (Lipinski definition) is 0. The second-order valence-electron chi connectivity index (χ2n) is 5.52. The lowest BCUT2D eigenvalue weighted by Gasteiger charge is -2.27. The molecule has 19 heavy (non-hydrogen) atoms. The van der Waals surface area contributed by atoms with Crippen LogP contribution in [0.3, 0.4) is 0 Å². The molecule has 0 saturated heterocycles. The first kappa shape index (κ1) is 16.3. The highest BCUT2D eigenvalue weighted by Crippen LogP contribution is 2.29. The summed E-state index contributed by atoms with van der Waals surface area (Å²) in [5.41, 5.74) is 2.63. The van der Waals surface area contributed by atoms with Gasteiger partial charge in [0, 0.05) is 24.5 Å². The molecule has 1 atom stereocenters. The molecule has 0 bridgehead atoms. The molecule has 1 unspecified atom stereocenters. The highest BCUT2D eigenvalue weighted by molar-refractivity contribution is 6.31. The molecule has 0 spiro atoms. The van der Waals surface area contributed by atoms with Crippen LogP contribution >= 0.6 is 11.6 Å². The SMILES string of the molecule is CCCN(/C=C\C(C)N(C)C)C1=C(Cl)C=C(C)CC1. The van der Waals surface area contributed by atoms with Crippen LogP contribution in [-0.2, 0) is 0 Å². The Balaban J connectivity index is 2.86. The molecule has 0 aliphatic heterocycles. The van der Waals surface area contributed by atoms with Crippen molar-refractivity contribution in [3.63, 3.8) is 0 Å². The van der Waals surface area contributed by atoms with Gasteiger partial charge in [-0.15, -0.1) is 0 Å². The van der Waals surface area contributed by atoms with Crippen molar-refractivity contribution in [2.75, 3.05) is 20.6 Å². The third-order valence-corrected chi connectivity index (χ3v) is 3.90. The molecule has 1 rings (SSSR count). The maximum absolute atomic E-state index is 6.40. The maximum atomic E-state index is 6.40. The largest absolute Gasteiger partial charge is 0.350 e. The van der Waals surface area contributed by atoms with Gasteiger partial charge in [0.2, 0.25) is 0 Å². The Bertz CT molecular complexity index is 380. The van der Waals surface area contributed by atoms with E-state index in [0.29, 0.717) is 6.04 Å². The summed E-state index contributed by atoms with van der Waals surface area (Å²) < 4.78 is 0. The van der Waals surface area contributed by atoms with Crippen molar-refractivity contribution in [1.29, 1.82) is 0 Å². The predicted octanol–water partition coefficient (Wildman–Crippen LogP) is 4.35. The van der Waals surface area contributed by atoms with Crippen LogP contribution in [0, 0.1) is 0 Å². The summed E-state index contributed by atoms with van der Waals surface area (Å²) in [5.74, 6) is 0. The molecule has 1 aliphatic rings. The average molecular weight is 283 g/mol. The van der Waals surface area contributed by atoms with Crippen molar-refractivity contribution < 1.29 is 0 Å². The fourth-order valence-corrected chi connectivity index (χ4v) is 2.42. The maximum Gasteiger partial charge on any atom is 0.0600 e. The minimum atomic E-state index is 0.430. The van der Waals surface area contributed by atoms with Crippen molar-refractivity contribution in [1.82, 2.24) is 9.80 Å². The number of likely N-dealkylation sites (N-methyl/N-ethyl adjacent to an activating group) is 1. The molecule has 0 N–H and O–H groups in total. The highest BCUT2D eigenvalue weighted by Gasteiger charge is 2.14. The smallest absolute Gasteiger partial charge is 0.0600 e. The van der Waals surface area contributed by atoms with Gasteiger partial charge in [-0.3, -0.25) is 0 Å². The molecular formula is C16H27ClN2. The van der Waals surface area contributed by atoms with Crippen molar-refractivity contribution in [2.24, 2.45) is 0 Å². The minimum Gasteiger partial charge on any atom is -0.350 e. The van der Waals surface area contributed by atoms with Gasteiger partial charge in [-0.2, -0.15) is 0 Å². The topological polar surface area (TPSA) is 6.48 Å². The molecule has 0 heterocycles. The second-order valence-corrected chi connectivity index (χ2v) is 5.93. The van der Waals surface area contributed by atoms with Crippen LogP contribution in [0.1, 0.15) is 40.0 Å². The molecule has 108 valence electrons. The molecule has 0 amide bonds. The van der Waals surface area contributed by atoms with E-state index < -0.39 is 0 Å². The minimum absolute atomic E-state index is 0.430. The third kappa shape index (κ3) is 5.04. The van der Waals surface area contributed by atoms with Gasteiger partial charge in [0.1, 0.15) is 0 Å². The molecule has 2 nitrogen and oxygen atoms in total. The fraction of sp³-hybridized carbons (Fsp3) is 0.625. The van der Waals surface area contributed by atoms with E-state index in [4.69, 9.17) is 11.6 Å². The lowest BCUT2D eigenvalue weighted by molar-refractivity contribution is 0.357. The van der Waals surface area contributed by atoms with Crippen LogP contribution in [0.15, 0.2) is 34.7 Å². The van der Waals surface area contributed by atoms with E-state index in [2.05, 4.69) is 63.0 Å². The van der Waals surface area contributed by atoms with Crippen LogP contribution < -0.4 is 0 Å². The average Bonchev–Trinajstić information content (AvgIpc) is 2.34. The van der Waals surface area contributed by atoms with Gasteiger partial charge in [-0.1, -0.05) is 30.2 Å². The van der Waals surface area contributed by atoms with E-state index in [1.54, 1.807) is 0 Å². The van der Waals surface area contributed by atoms with Crippen molar-refractivity contribution in [3.05, 3.63) is 34.7 Å². The monoisotopic (exact) mass is 282 g/mol. The van der Waals surface area contributed by atoms with Gasteiger partial charge in [-0.25, -0.2) is 0 Å². The molecule has 0 aromatic carbocycles. The van der Waals surface area contributed by atoms with E-state index in [1.807, 2.05) is 0 Å². The van der Waals surface area contributed by atoms with E-state index in [9.17, 15) is 0 Å². The Labute approximate surface area is 123 Å². The summed E-state index contributed by atoms with van der Waals surface area (Å²) in [6.07, 6.45) is 9.81. The van der Waals surface area contributed by atoms with E-state index in [0.717, 1.165) is 30.8 Å². The molecular weight excluding hydrogens is 256 g/mol. The summed E-state index contributed by atoms with van der Waals surface area (Å²) in [6, 6.07) is 0.430. The van der Waals surface area contributed by atoms with Crippen molar-refractivity contribution >= 4 is 11.6 Å². The van der Waals surface area contributed by atoms with Crippen LogP contribution in [0.2, 0.25) is 0 Å². The lowest BCUT2D eigenvalue weighted by Crippen LogP contribution is -2.25. The first-order valence-corrected chi connectivity index (χ1v) is 7.50. The van der Waals surface area contributed by atoms with Crippen LogP contribution in [-0.4, -0.2) is 36.5 Å². The second kappa shape index (κ2) is 7.76. The first-order valence-electron chi connectivity index (χ1n) is 7.13. The van der Waals surface area contributed by atoms with Crippen LogP contribution in [0.5, 0.6) is 0 Å². The quantitative estimate of drug-likeness (QED) is 0.714. The summed E-state index contributed by atoms with van der Waals surface area (Å²) in [5, 5.41) is 0.902. The standard InChI is InChI=1S/C16H27ClN2/c1-6-10-19(11-9-14(3)18(4)5)16-8-7-13(2)12-15(16)17/h9,11-12,14H,6-8,10H2,1-5H3/b11-9-. The molecule has 0 radical (unpaired) electrons. The number of hydrogen-bond acceptors (Lipinski definition) is 2. The number of rotatable bonds is 6. The summed E-state index contributed by atoms with van der Waals surface area (Å²) in [6.45, 7) is 7.57. The molecule has 0 aromatic rings. The third-order valence-electron chi connectivity index (χ3n) is 3.58. The number of nitrogens with zero attached hydrogens (tertiary/aromatic N) is 2. The van der Waals surface area contributed by atoms with Gasteiger partial charge < -0.3 is 9.80 Å². The zero-order chi connectivity index (χ0) is 14.4. The van der Waals surface area contributed by atoms with Crippen molar-refractivity contribution in [3.8, 4) is 0 Å². The predicted molar refractivity (Wildman–Crippen MR) is 85.2 cm³/mol. The zero-order valence-corrected chi connectivity index (χ0v) is 13.7. The Kier molecular flexibility index (Phi) is 6.67. The van der Waals surface area contributed by atoms with Crippen molar-refractivity contribution in [2.45, 2.75) is 46.1 Å². The van der Waals surface area contributed by atoms with Gasteiger partial charge in [-0.05, 0) is 53.3 Å². The van der Waals surface area contributed by atoms with Gasteiger partial charge >= 0.3 is 0 Å². The van der Waals surface area contributed by atoms with Gasteiger partial charge in [0.15, 0.2) is 0 Å². The van der Waals surface area contributed by atoms with Gasteiger partial charge in [0.05, 0.1) is 5.03 Å². The van der Waals surface area contributed by atoms with Crippen LogP contribution in [0.25, 0.3) is 0 Å². The zero-order valence-electron chi connectivity index (χ0n) is 12.9. The number of allylic oxidation sites excluding steroid dienone is 4. The Morgan fingerprint density at radius 2 is 2.05 bits per heavy atom.